The molecule has 0 saturated heterocycles. The molecule has 0 aliphatic rings. The first-order chi connectivity index (χ1) is 16.2. The molecule has 2 atom stereocenters. The first-order valence-electron chi connectivity index (χ1n) is 12.1. The molecule has 4 heteroatoms. The third-order valence-corrected chi connectivity index (χ3v) is 5.87. The van der Waals surface area contributed by atoms with Crippen LogP contribution in [0.15, 0.2) is 73.2 Å². The summed E-state index contributed by atoms with van der Waals surface area (Å²) in [5.41, 5.74) is 4.89. The van der Waals surface area contributed by atoms with Gasteiger partial charge in [0.15, 0.2) is 0 Å². The van der Waals surface area contributed by atoms with Crippen molar-refractivity contribution >= 4 is 11.9 Å². The van der Waals surface area contributed by atoms with Gasteiger partial charge in [-0.2, -0.15) is 0 Å². The SMILES string of the molecule is CC(C)c1cccc(C(C)C=COC(=O)CCC(=O)OC=CC(C)c2cccc(C(C)C)c2)c1. The number of carbonyl (C=O) groups is 2. The van der Waals surface area contributed by atoms with Crippen molar-refractivity contribution in [1.29, 1.82) is 0 Å². The van der Waals surface area contributed by atoms with E-state index in [4.69, 9.17) is 9.47 Å². The molecule has 0 aromatic heterocycles. The molecule has 0 aliphatic heterocycles. The minimum Gasteiger partial charge on any atom is -0.435 e. The van der Waals surface area contributed by atoms with E-state index in [0.29, 0.717) is 11.8 Å². The van der Waals surface area contributed by atoms with E-state index < -0.39 is 11.9 Å². The van der Waals surface area contributed by atoms with Crippen LogP contribution in [0.25, 0.3) is 0 Å². The molecule has 4 nitrogen and oxygen atoms in total. The van der Waals surface area contributed by atoms with E-state index in [0.717, 1.165) is 0 Å². The van der Waals surface area contributed by atoms with Gasteiger partial charge >= 0.3 is 11.9 Å². The normalized spacial score (nSPS) is 13.5. The maximum atomic E-state index is 12.0. The van der Waals surface area contributed by atoms with Crippen molar-refractivity contribution in [3.05, 3.63) is 95.5 Å². The summed E-state index contributed by atoms with van der Waals surface area (Å²) in [5, 5.41) is 0. The predicted octanol–water partition coefficient (Wildman–Crippen LogP) is 7.73. The first kappa shape index (κ1) is 27.1. The molecule has 34 heavy (non-hydrogen) atoms. The summed E-state index contributed by atoms with van der Waals surface area (Å²) in [6.45, 7) is 12.7. The molecule has 182 valence electrons. The van der Waals surface area contributed by atoms with Crippen LogP contribution in [0, 0.1) is 0 Å². The Hall–Kier alpha value is -3.14. The third kappa shape index (κ3) is 9.01. The lowest BCUT2D eigenvalue weighted by Crippen LogP contribution is -2.06. The molecule has 0 spiro atoms. The highest BCUT2D eigenvalue weighted by Gasteiger charge is 2.10. The lowest BCUT2D eigenvalue weighted by molar-refractivity contribution is -0.144. The van der Waals surface area contributed by atoms with Crippen LogP contribution in [0.3, 0.4) is 0 Å². The van der Waals surface area contributed by atoms with Gasteiger partial charge in [0.2, 0.25) is 0 Å². The number of rotatable bonds is 11. The van der Waals surface area contributed by atoms with Crippen LogP contribution >= 0.6 is 0 Å². The fourth-order valence-electron chi connectivity index (χ4n) is 3.41. The molecule has 0 bridgehead atoms. The van der Waals surface area contributed by atoms with E-state index in [1.54, 1.807) is 0 Å². The zero-order valence-corrected chi connectivity index (χ0v) is 21.3. The molecule has 0 fully saturated rings. The van der Waals surface area contributed by atoms with E-state index in [9.17, 15) is 9.59 Å². The van der Waals surface area contributed by atoms with Crippen LogP contribution in [-0.2, 0) is 19.1 Å². The molecule has 0 aliphatic carbocycles. The monoisotopic (exact) mass is 462 g/mol. The minimum absolute atomic E-state index is 0.0276. The van der Waals surface area contributed by atoms with E-state index in [1.165, 1.54) is 34.8 Å². The fraction of sp³-hybridized carbons (Fsp3) is 0.400. The lowest BCUT2D eigenvalue weighted by atomic mass is 9.95. The van der Waals surface area contributed by atoms with Gasteiger partial charge in [-0.3, -0.25) is 9.59 Å². The van der Waals surface area contributed by atoms with Crippen molar-refractivity contribution < 1.29 is 19.1 Å². The van der Waals surface area contributed by atoms with Gasteiger partial charge in [0.25, 0.3) is 0 Å². The van der Waals surface area contributed by atoms with Crippen molar-refractivity contribution in [2.24, 2.45) is 0 Å². The average molecular weight is 463 g/mol. The zero-order valence-electron chi connectivity index (χ0n) is 21.3. The van der Waals surface area contributed by atoms with Crippen LogP contribution in [0.5, 0.6) is 0 Å². The molecule has 0 heterocycles. The molecule has 0 amide bonds. The van der Waals surface area contributed by atoms with E-state index >= 15 is 0 Å². The second-order valence-electron chi connectivity index (χ2n) is 9.36. The van der Waals surface area contributed by atoms with E-state index in [-0.39, 0.29) is 24.7 Å². The molecular formula is C30H38O4. The molecular weight excluding hydrogens is 424 g/mol. The van der Waals surface area contributed by atoms with Gasteiger partial charge in [-0.05, 0) is 46.2 Å². The van der Waals surface area contributed by atoms with Crippen LogP contribution in [-0.4, -0.2) is 11.9 Å². The first-order valence-corrected chi connectivity index (χ1v) is 12.1. The molecule has 0 radical (unpaired) electrons. The summed E-state index contributed by atoms with van der Waals surface area (Å²) < 4.78 is 10.3. The molecule has 2 rings (SSSR count). The minimum atomic E-state index is -0.459. The molecule has 2 unspecified atom stereocenters. The van der Waals surface area contributed by atoms with Crippen LogP contribution < -0.4 is 0 Å². The number of hydrogen-bond donors (Lipinski definition) is 0. The van der Waals surface area contributed by atoms with Crippen molar-refractivity contribution in [3.8, 4) is 0 Å². The Labute approximate surface area is 204 Å². The maximum Gasteiger partial charge on any atom is 0.311 e. The summed E-state index contributed by atoms with van der Waals surface area (Å²) in [5.74, 6) is 0.235. The van der Waals surface area contributed by atoms with E-state index in [2.05, 4.69) is 64.1 Å². The van der Waals surface area contributed by atoms with Gasteiger partial charge in [-0.15, -0.1) is 0 Å². The topological polar surface area (TPSA) is 52.6 Å². The fourth-order valence-corrected chi connectivity index (χ4v) is 3.41. The molecule has 0 saturated carbocycles. The van der Waals surface area contributed by atoms with Crippen molar-refractivity contribution in [2.75, 3.05) is 0 Å². The highest BCUT2D eigenvalue weighted by molar-refractivity contribution is 5.78. The van der Waals surface area contributed by atoms with Crippen LogP contribution in [0.2, 0.25) is 0 Å². The second kappa shape index (κ2) is 13.5. The smallest absolute Gasteiger partial charge is 0.311 e. The summed E-state index contributed by atoms with van der Waals surface area (Å²) in [4.78, 5) is 23.9. The Balaban J connectivity index is 1.74. The Kier molecular flexibility index (Phi) is 10.8. The summed E-state index contributed by atoms with van der Waals surface area (Å²) in [6, 6.07) is 16.8. The van der Waals surface area contributed by atoms with Crippen molar-refractivity contribution in [3.63, 3.8) is 0 Å². The highest BCUT2D eigenvalue weighted by Crippen LogP contribution is 2.23. The number of ether oxygens (including phenoxy) is 2. The Bertz CT molecular complexity index is 919. The number of benzene rings is 2. The van der Waals surface area contributed by atoms with Crippen LogP contribution in [0.4, 0.5) is 0 Å². The van der Waals surface area contributed by atoms with Gasteiger partial charge in [0.1, 0.15) is 0 Å². The standard InChI is InChI=1S/C30H38O4/c1-21(2)25-9-7-11-27(19-25)23(5)15-17-33-29(31)13-14-30(32)34-18-16-24(6)28-12-8-10-26(20-28)22(3)4/h7-12,15-24H,13-14H2,1-6H3. The summed E-state index contributed by atoms with van der Waals surface area (Å²) in [6.07, 6.45) is 6.45. The lowest BCUT2D eigenvalue weighted by Gasteiger charge is -2.11. The van der Waals surface area contributed by atoms with Crippen molar-refractivity contribution in [1.82, 2.24) is 0 Å². The summed E-state index contributed by atoms with van der Waals surface area (Å²) in [7, 11) is 0. The number of hydrogen-bond acceptors (Lipinski definition) is 4. The number of esters is 2. The Morgan fingerprint density at radius 2 is 1.00 bits per heavy atom. The molecule has 2 aromatic rings. The Morgan fingerprint density at radius 3 is 1.35 bits per heavy atom. The average Bonchev–Trinajstić information content (AvgIpc) is 2.82. The maximum absolute atomic E-state index is 12.0. The number of allylic oxidation sites excluding steroid dienone is 2. The van der Waals surface area contributed by atoms with Gasteiger partial charge in [0.05, 0.1) is 25.4 Å². The van der Waals surface area contributed by atoms with Crippen LogP contribution in [0.1, 0.15) is 100 Å². The van der Waals surface area contributed by atoms with Gasteiger partial charge < -0.3 is 9.47 Å². The highest BCUT2D eigenvalue weighted by atomic mass is 16.5. The van der Waals surface area contributed by atoms with E-state index in [1.807, 2.05) is 38.1 Å². The summed E-state index contributed by atoms with van der Waals surface area (Å²) >= 11 is 0. The largest absolute Gasteiger partial charge is 0.435 e. The molecule has 0 N–H and O–H groups in total. The van der Waals surface area contributed by atoms with Gasteiger partial charge in [0, 0.05) is 11.8 Å². The van der Waals surface area contributed by atoms with Gasteiger partial charge in [-0.25, -0.2) is 0 Å². The number of carbonyl (C=O) groups excluding carboxylic acids is 2. The molecule has 2 aromatic carbocycles. The Morgan fingerprint density at radius 1 is 0.647 bits per heavy atom. The van der Waals surface area contributed by atoms with Gasteiger partial charge in [-0.1, -0.05) is 90.1 Å². The predicted molar refractivity (Wildman–Crippen MR) is 138 cm³/mol. The zero-order chi connectivity index (χ0) is 25.1. The third-order valence-electron chi connectivity index (χ3n) is 5.87. The van der Waals surface area contributed by atoms with Crippen molar-refractivity contribution in [2.45, 2.75) is 78.1 Å². The second-order valence-corrected chi connectivity index (χ2v) is 9.36. The quantitative estimate of drug-likeness (QED) is 0.253.